The summed E-state index contributed by atoms with van der Waals surface area (Å²) in [5, 5.41) is 10.6. The van der Waals surface area contributed by atoms with Crippen LogP contribution in [-0.4, -0.2) is 16.1 Å². The second-order valence-corrected chi connectivity index (χ2v) is 4.36. The number of hydrogen-bond donors (Lipinski definition) is 1. The molecule has 0 aliphatic heterocycles. The third-order valence-corrected chi connectivity index (χ3v) is 3.04. The van der Waals surface area contributed by atoms with Crippen molar-refractivity contribution in [1.29, 1.82) is 0 Å². The van der Waals surface area contributed by atoms with E-state index in [-0.39, 0.29) is 5.88 Å². The maximum atomic E-state index is 14.0. The second-order valence-electron chi connectivity index (χ2n) is 4.36. The molecule has 0 amide bonds. The molecule has 0 radical (unpaired) electrons. The van der Waals surface area contributed by atoms with Crippen LogP contribution >= 0.6 is 0 Å². The minimum atomic E-state index is -1.36. The molecule has 1 aromatic heterocycles. The van der Waals surface area contributed by atoms with Gasteiger partial charge in [0.05, 0.1) is 0 Å². The van der Waals surface area contributed by atoms with Gasteiger partial charge in [0, 0.05) is 11.6 Å². The molecule has 0 fully saturated rings. The summed E-state index contributed by atoms with van der Waals surface area (Å²) in [7, 11) is 0. The number of benzene rings is 2. The maximum absolute atomic E-state index is 14.0. The lowest BCUT2D eigenvalue weighted by Gasteiger charge is -2.09. The van der Waals surface area contributed by atoms with E-state index < -0.39 is 17.3 Å². The van der Waals surface area contributed by atoms with Crippen LogP contribution < -0.4 is 4.74 Å². The Bertz CT molecular complexity index is 827. The van der Waals surface area contributed by atoms with E-state index in [1.54, 1.807) is 12.1 Å². The zero-order chi connectivity index (χ0) is 14.8. The van der Waals surface area contributed by atoms with Gasteiger partial charge >= 0.3 is 5.97 Å². The molecule has 0 spiro atoms. The fourth-order valence-corrected chi connectivity index (χ4v) is 2.05. The number of rotatable bonds is 3. The van der Waals surface area contributed by atoms with Crippen LogP contribution in [0.2, 0.25) is 0 Å². The van der Waals surface area contributed by atoms with Crippen LogP contribution in [0.15, 0.2) is 54.7 Å². The van der Waals surface area contributed by atoms with Gasteiger partial charge in [0.25, 0.3) is 5.88 Å². The topological polar surface area (TPSA) is 59.4 Å². The van der Waals surface area contributed by atoms with E-state index in [9.17, 15) is 9.18 Å². The van der Waals surface area contributed by atoms with Gasteiger partial charge in [-0.15, -0.1) is 0 Å². The molecule has 4 nitrogen and oxygen atoms in total. The summed E-state index contributed by atoms with van der Waals surface area (Å²) >= 11 is 0. The largest absolute Gasteiger partial charge is 0.478 e. The van der Waals surface area contributed by atoms with Crippen molar-refractivity contribution in [1.82, 2.24) is 4.98 Å². The summed E-state index contributed by atoms with van der Waals surface area (Å²) in [6.45, 7) is 0. The van der Waals surface area contributed by atoms with Crippen molar-refractivity contribution in [2.75, 3.05) is 0 Å². The molecule has 0 unspecified atom stereocenters. The number of fused-ring (bicyclic) bond motifs is 1. The molecule has 0 saturated carbocycles. The van der Waals surface area contributed by atoms with Crippen molar-refractivity contribution < 1.29 is 19.0 Å². The highest BCUT2D eigenvalue weighted by Gasteiger charge is 2.17. The van der Waals surface area contributed by atoms with Crippen LogP contribution in [0.5, 0.6) is 11.6 Å². The molecular formula is C16H10FNO3. The van der Waals surface area contributed by atoms with E-state index in [1.807, 2.05) is 30.3 Å². The number of aromatic nitrogens is 1. The number of pyridine rings is 1. The summed E-state index contributed by atoms with van der Waals surface area (Å²) in [6.07, 6.45) is 1.20. The minimum absolute atomic E-state index is 0.355. The van der Waals surface area contributed by atoms with E-state index >= 15 is 0 Å². The molecule has 1 heterocycles. The van der Waals surface area contributed by atoms with Gasteiger partial charge in [0.2, 0.25) is 0 Å². The zero-order valence-electron chi connectivity index (χ0n) is 10.8. The van der Waals surface area contributed by atoms with E-state index in [0.29, 0.717) is 5.75 Å². The maximum Gasteiger partial charge on any atom is 0.338 e. The lowest BCUT2D eigenvalue weighted by molar-refractivity contribution is 0.0690. The number of ether oxygens (including phenoxy) is 1. The van der Waals surface area contributed by atoms with Crippen molar-refractivity contribution in [2.24, 2.45) is 0 Å². The van der Waals surface area contributed by atoms with Crippen LogP contribution in [0.25, 0.3) is 10.8 Å². The van der Waals surface area contributed by atoms with Gasteiger partial charge in [-0.1, -0.05) is 36.4 Å². The monoisotopic (exact) mass is 283 g/mol. The Morgan fingerprint density at radius 3 is 2.67 bits per heavy atom. The van der Waals surface area contributed by atoms with Gasteiger partial charge in [-0.05, 0) is 17.5 Å². The smallest absolute Gasteiger partial charge is 0.338 e. The van der Waals surface area contributed by atoms with E-state index in [2.05, 4.69) is 4.98 Å². The SMILES string of the molecule is O=C(O)c1ccnc(Oc2cccc3ccccc23)c1F. The van der Waals surface area contributed by atoms with E-state index in [4.69, 9.17) is 9.84 Å². The first-order valence-corrected chi connectivity index (χ1v) is 6.20. The number of carboxylic acid groups (broad SMARTS) is 1. The standard InChI is InChI=1S/C16H10FNO3/c17-14-12(16(19)20)8-9-18-15(14)21-13-7-3-5-10-4-1-2-6-11(10)13/h1-9H,(H,19,20). The third-order valence-electron chi connectivity index (χ3n) is 3.04. The Labute approximate surface area is 119 Å². The highest BCUT2D eigenvalue weighted by molar-refractivity contribution is 5.89. The number of carboxylic acids is 1. The van der Waals surface area contributed by atoms with Gasteiger partial charge in [0.1, 0.15) is 11.3 Å². The lowest BCUT2D eigenvalue weighted by Crippen LogP contribution is -2.03. The third kappa shape index (κ3) is 2.41. The number of hydrogen-bond acceptors (Lipinski definition) is 3. The normalized spacial score (nSPS) is 10.5. The van der Waals surface area contributed by atoms with Crippen molar-refractivity contribution in [3.63, 3.8) is 0 Å². The van der Waals surface area contributed by atoms with Crippen LogP contribution in [0.4, 0.5) is 4.39 Å². The highest BCUT2D eigenvalue weighted by Crippen LogP contribution is 2.30. The summed E-state index contributed by atoms with van der Waals surface area (Å²) in [6, 6.07) is 13.9. The molecule has 21 heavy (non-hydrogen) atoms. The van der Waals surface area contributed by atoms with Crippen LogP contribution in [0.3, 0.4) is 0 Å². The molecule has 0 aliphatic carbocycles. The van der Waals surface area contributed by atoms with Gasteiger partial charge in [-0.3, -0.25) is 0 Å². The Kier molecular flexibility index (Phi) is 3.23. The Morgan fingerprint density at radius 1 is 1.10 bits per heavy atom. The fraction of sp³-hybridized carbons (Fsp3) is 0. The summed E-state index contributed by atoms with van der Waals surface area (Å²) in [5.41, 5.74) is -0.472. The number of aromatic carboxylic acids is 1. The highest BCUT2D eigenvalue weighted by atomic mass is 19.1. The van der Waals surface area contributed by atoms with Crippen LogP contribution in [0, 0.1) is 5.82 Å². The Balaban J connectivity index is 2.07. The predicted octanol–water partition coefficient (Wildman–Crippen LogP) is 3.86. The van der Waals surface area contributed by atoms with Crippen LogP contribution in [-0.2, 0) is 0 Å². The number of nitrogens with zero attached hydrogens (tertiary/aromatic N) is 1. The molecule has 0 aliphatic rings. The molecule has 104 valence electrons. The lowest BCUT2D eigenvalue weighted by atomic mass is 10.1. The van der Waals surface area contributed by atoms with Crippen molar-refractivity contribution in [3.8, 4) is 11.6 Å². The Morgan fingerprint density at radius 2 is 1.86 bits per heavy atom. The summed E-state index contributed by atoms with van der Waals surface area (Å²) < 4.78 is 19.5. The van der Waals surface area contributed by atoms with Crippen molar-refractivity contribution in [2.45, 2.75) is 0 Å². The van der Waals surface area contributed by atoms with E-state index in [1.165, 1.54) is 6.20 Å². The number of halogens is 1. The average molecular weight is 283 g/mol. The average Bonchev–Trinajstić information content (AvgIpc) is 2.49. The first-order chi connectivity index (χ1) is 10.2. The molecular weight excluding hydrogens is 273 g/mol. The molecule has 0 saturated heterocycles. The molecule has 0 atom stereocenters. The van der Waals surface area contributed by atoms with Gasteiger partial charge < -0.3 is 9.84 Å². The fourth-order valence-electron chi connectivity index (χ4n) is 2.05. The molecule has 3 rings (SSSR count). The molecule has 5 heteroatoms. The zero-order valence-corrected chi connectivity index (χ0v) is 10.8. The molecule has 2 aromatic carbocycles. The van der Waals surface area contributed by atoms with Gasteiger partial charge in [0.15, 0.2) is 5.82 Å². The van der Waals surface area contributed by atoms with Crippen molar-refractivity contribution in [3.05, 3.63) is 66.1 Å². The minimum Gasteiger partial charge on any atom is -0.478 e. The quantitative estimate of drug-likeness (QED) is 0.792. The summed E-state index contributed by atoms with van der Waals surface area (Å²) in [4.78, 5) is 14.7. The van der Waals surface area contributed by atoms with Crippen LogP contribution in [0.1, 0.15) is 10.4 Å². The molecule has 0 bridgehead atoms. The number of carbonyl (C=O) groups is 1. The predicted molar refractivity (Wildman–Crippen MR) is 75.2 cm³/mol. The van der Waals surface area contributed by atoms with Crippen molar-refractivity contribution >= 4 is 16.7 Å². The first-order valence-electron chi connectivity index (χ1n) is 6.20. The molecule has 3 aromatic rings. The Hall–Kier alpha value is -2.95. The van der Waals surface area contributed by atoms with Gasteiger partial charge in [-0.25, -0.2) is 14.2 Å². The summed E-state index contributed by atoms with van der Waals surface area (Å²) in [5.74, 6) is -2.29. The van der Waals surface area contributed by atoms with E-state index in [0.717, 1.165) is 16.8 Å². The second kappa shape index (κ2) is 5.20. The molecule has 1 N–H and O–H groups in total. The van der Waals surface area contributed by atoms with Gasteiger partial charge in [-0.2, -0.15) is 0 Å². The first kappa shape index (κ1) is 13.1.